The number of hydrogen-bond donors (Lipinski definition) is 0. The summed E-state index contributed by atoms with van der Waals surface area (Å²) >= 11 is 0. The van der Waals surface area contributed by atoms with E-state index in [4.69, 9.17) is 0 Å². The molecule has 0 aromatic heterocycles. The first kappa shape index (κ1) is 20.7. The fourth-order valence-corrected chi connectivity index (χ4v) is 4.47. The van der Waals surface area contributed by atoms with Crippen LogP contribution in [0.3, 0.4) is 0 Å². The molecule has 0 radical (unpaired) electrons. The van der Waals surface area contributed by atoms with Crippen molar-refractivity contribution in [2.75, 3.05) is 26.2 Å². The van der Waals surface area contributed by atoms with Gasteiger partial charge in [0.05, 0.1) is 10.5 Å². The molecule has 1 aliphatic heterocycles. The molecule has 1 amide bonds. The summed E-state index contributed by atoms with van der Waals surface area (Å²) in [5.74, 6) is -0.130. The predicted molar refractivity (Wildman–Crippen MR) is 90.9 cm³/mol. The maximum Gasteiger partial charge on any atom is 0.416 e. The van der Waals surface area contributed by atoms with Crippen LogP contribution < -0.4 is 0 Å². The van der Waals surface area contributed by atoms with Gasteiger partial charge in [0.15, 0.2) is 0 Å². The van der Waals surface area contributed by atoms with Crippen molar-refractivity contribution in [3.63, 3.8) is 0 Å². The van der Waals surface area contributed by atoms with Crippen LogP contribution >= 0.6 is 0 Å². The van der Waals surface area contributed by atoms with E-state index < -0.39 is 21.8 Å². The SMILES string of the molecule is CCCC(C)C(=O)N1CCN(S(=O)(=O)c2cccc(C(F)(F)F)c2)CC1. The summed E-state index contributed by atoms with van der Waals surface area (Å²) in [7, 11) is -4.03. The van der Waals surface area contributed by atoms with Gasteiger partial charge in [-0.2, -0.15) is 17.5 Å². The Morgan fingerprint density at radius 1 is 1.19 bits per heavy atom. The average Bonchev–Trinajstić information content (AvgIpc) is 2.61. The first-order valence-electron chi connectivity index (χ1n) is 8.53. The standard InChI is InChI=1S/C17H23F3N2O3S/c1-3-5-13(2)16(23)21-8-10-22(11-9-21)26(24,25)15-7-4-6-14(12-15)17(18,19)20/h4,6-7,12-13H,3,5,8-11H2,1-2H3. The molecule has 0 bridgehead atoms. The van der Waals surface area contributed by atoms with E-state index in [1.165, 1.54) is 0 Å². The van der Waals surface area contributed by atoms with Crippen LogP contribution in [0.1, 0.15) is 32.3 Å². The minimum atomic E-state index is -4.61. The number of sulfonamides is 1. The molecule has 1 saturated heterocycles. The summed E-state index contributed by atoms with van der Waals surface area (Å²) in [5, 5.41) is 0. The van der Waals surface area contributed by atoms with Crippen LogP contribution in [0.25, 0.3) is 0 Å². The average molecular weight is 392 g/mol. The van der Waals surface area contributed by atoms with E-state index in [1.54, 1.807) is 4.90 Å². The zero-order valence-electron chi connectivity index (χ0n) is 14.8. The molecule has 0 aliphatic carbocycles. The third-order valence-electron chi connectivity index (χ3n) is 4.49. The van der Waals surface area contributed by atoms with Gasteiger partial charge in [-0.15, -0.1) is 0 Å². The van der Waals surface area contributed by atoms with Crippen molar-refractivity contribution in [2.45, 2.75) is 37.8 Å². The monoisotopic (exact) mass is 392 g/mol. The van der Waals surface area contributed by atoms with Crippen molar-refractivity contribution >= 4 is 15.9 Å². The molecular weight excluding hydrogens is 369 g/mol. The number of hydrogen-bond acceptors (Lipinski definition) is 3. The van der Waals surface area contributed by atoms with Crippen LogP contribution in [-0.4, -0.2) is 49.7 Å². The highest BCUT2D eigenvalue weighted by atomic mass is 32.2. The van der Waals surface area contributed by atoms with E-state index in [9.17, 15) is 26.4 Å². The second-order valence-electron chi connectivity index (χ2n) is 6.44. The van der Waals surface area contributed by atoms with E-state index in [0.29, 0.717) is 6.07 Å². The molecule has 2 rings (SSSR count). The third-order valence-corrected chi connectivity index (χ3v) is 6.39. The second-order valence-corrected chi connectivity index (χ2v) is 8.38. The Kier molecular flexibility index (Phi) is 6.33. The number of benzene rings is 1. The van der Waals surface area contributed by atoms with Gasteiger partial charge in [-0.3, -0.25) is 4.79 Å². The summed E-state index contributed by atoms with van der Waals surface area (Å²) < 4.78 is 64.9. The first-order chi connectivity index (χ1) is 12.1. The number of alkyl halides is 3. The van der Waals surface area contributed by atoms with Crippen molar-refractivity contribution in [1.29, 1.82) is 0 Å². The summed E-state index contributed by atoms with van der Waals surface area (Å²) in [5.41, 5.74) is -0.999. The van der Waals surface area contributed by atoms with Crippen LogP contribution in [0.2, 0.25) is 0 Å². The normalized spacial score (nSPS) is 18.0. The first-order valence-corrected chi connectivity index (χ1v) is 9.97. The molecule has 1 atom stereocenters. The van der Waals surface area contributed by atoms with Crippen molar-refractivity contribution in [3.05, 3.63) is 29.8 Å². The lowest BCUT2D eigenvalue weighted by Gasteiger charge is -2.35. The Labute approximate surface area is 151 Å². The van der Waals surface area contributed by atoms with Crippen LogP contribution in [0, 0.1) is 5.92 Å². The summed E-state index contributed by atoms with van der Waals surface area (Å²) in [6, 6.07) is 3.73. The highest BCUT2D eigenvalue weighted by molar-refractivity contribution is 7.89. The van der Waals surface area contributed by atoms with Gasteiger partial charge in [0.2, 0.25) is 15.9 Å². The van der Waals surface area contributed by atoms with Gasteiger partial charge in [0, 0.05) is 32.1 Å². The Bertz CT molecular complexity index is 742. The number of piperazine rings is 1. The number of halogens is 3. The summed E-state index contributed by atoms with van der Waals surface area (Å²) in [6.45, 7) is 4.46. The van der Waals surface area contributed by atoms with Crippen LogP contribution in [-0.2, 0) is 21.0 Å². The van der Waals surface area contributed by atoms with Crippen LogP contribution in [0.4, 0.5) is 13.2 Å². The maximum absolute atomic E-state index is 12.8. The number of rotatable bonds is 5. The van der Waals surface area contributed by atoms with Gasteiger partial charge in [0.1, 0.15) is 0 Å². The Morgan fingerprint density at radius 3 is 2.35 bits per heavy atom. The highest BCUT2D eigenvalue weighted by Crippen LogP contribution is 2.31. The molecule has 1 aromatic carbocycles. The lowest BCUT2D eigenvalue weighted by atomic mass is 10.0. The van der Waals surface area contributed by atoms with Crippen molar-refractivity contribution < 1.29 is 26.4 Å². The topological polar surface area (TPSA) is 57.7 Å². The number of carbonyl (C=O) groups excluding carboxylic acids is 1. The molecular formula is C17H23F3N2O3S. The van der Waals surface area contributed by atoms with Crippen molar-refractivity contribution in [1.82, 2.24) is 9.21 Å². The molecule has 1 aromatic rings. The van der Waals surface area contributed by atoms with E-state index in [0.717, 1.165) is 35.3 Å². The molecule has 0 spiro atoms. The molecule has 146 valence electrons. The quantitative estimate of drug-likeness (QED) is 0.774. The Morgan fingerprint density at radius 2 is 1.81 bits per heavy atom. The van der Waals surface area contributed by atoms with Gasteiger partial charge in [-0.05, 0) is 24.6 Å². The van der Waals surface area contributed by atoms with Gasteiger partial charge >= 0.3 is 6.18 Å². The summed E-state index contributed by atoms with van der Waals surface area (Å²) in [4.78, 5) is 13.5. The maximum atomic E-state index is 12.8. The van der Waals surface area contributed by atoms with E-state index in [1.807, 2.05) is 13.8 Å². The minimum Gasteiger partial charge on any atom is -0.340 e. The number of carbonyl (C=O) groups is 1. The van der Waals surface area contributed by atoms with E-state index in [2.05, 4.69) is 0 Å². The smallest absolute Gasteiger partial charge is 0.340 e. The van der Waals surface area contributed by atoms with Gasteiger partial charge < -0.3 is 4.90 Å². The zero-order valence-corrected chi connectivity index (χ0v) is 15.6. The molecule has 1 unspecified atom stereocenters. The van der Waals surface area contributed by atoms with E-state index >= 15 is 0 Å². The highest BCUT2D eigenvalue weighted by Gasteiger charge is 2.34. The molecule has 1 heterocycles. The zero-order chi connectivity index (χ0) is 19.5. The minimum absolute atomic E-state index is 0.0111. The molecule has 1 fully saturated rings. The largest absolute Gasteiger partial charge is 0.416 e. The lowest BCUT2D eigenvalue weighted by Crippen LogP contribution is -2.51. The fourth-order valence-electron chi connectivity index (χ4n) is 3.00. The van der Waals surface area contributed by atoms with Gasteiger partial charge in [-0.1, -0.05) is 26.3 Å². The molecule has 26 heavy (non-hydrogen) atoms. The molecule has 0 N–H and O–H groups in total. The van der Waals surface area contributed by atoms with E-state index in [-0.39, 0.29) is 42.9 Å². The Hall–Kier alpha value is -1.61. The van der Waals surface area contributed by atoms with Crippen LogP contribution in [0.5, 0.6) is 0 Å². The molecule has 5 nitrogen and oxygen atoms in total. The fraction of sp³-hybridized carbons (Fsp3) is 0.588. The third kappa shape index (κ3) is 4.56. The van der Waals surface area contributed by atoms with Gasteiger partial charge in [-0.25, -0.2) is 8.42 Å². The lowest BCUT2D eigenvalue weighted by molar-refractivity contribution is -0.138. The molecule has 0 saturated carbocycles. The van der Waals surface area contributed by atoms with Gasteiger partial charge in [0.25, 0.3) is 0 Å². The molecule has 1 aliphatic rings. The number of amides is 1. The van der Waals surface area contributed by atoms with Crippen LogP contribution in [0.15, 0.2) is 29.2 Å². The predicted octanol–water partition coefficient (Wildman–Crippen LogP) is 2.97. The molecule has 9 heteroatoms. The Balaban J connectivity index is 2.10. The second kappa shape index (κ2) is 7.96. The summed E-state index contributed by atoms with van der Waals surface area (Å²) in [6.07, 6.45) is -2.95. The van der Waals surface area contributed by atoms with Crippen molar-refractivity contribution in [3.8, 4) is 0 Å². The van der Waals surface area contributed by atoms with Crippen molar-refractivity contribution in [2.24, 2.45) is 5.92 Å². The number of nitrogens with zero attached hydrogens (tertiary/aromatic N) is 2.